The second-order valence-corrected chi connectivity index (χ2v) is 5.13. The second kappa shape index (κ2) is 6.45. The molecular weight excluding hydrogens is 338 g/mol. The van der Waals surface area contributed by atoms with E-state index in [1.54, 1.807) is 38.4 Å². The first-order chi connectivity index (χ1) is 10.0. The third-order valence-corrected chi connectivity index (χ3v) is 3.33. The SMILES string of the molecule is CNc1cccc(Nc2cc(Br)cc(OC)c2)c1[N+](=O)[O-]. The fraction of sp³-hybridized carbons (Fsp3) is 0.143. The number of methoxy groups -OCH3 is 1. The molecule has 21 heavy (non-hydrogen) atoms. The van der Waals surface area contributed by atoms with Crippen molar-refractivity contribution in [3.05, 3.63) is 51.0 Å². The van der Waals surface area contributed by atoms with Crippen molar-refractivity contribution in [2.24, 2.45) is 0 Å². The Balaban J connectivity index is 2.44. The molecule has 2 rings (SSSR count). The lowest BCUT2D eigenvalue weighted by Crippen LogP contribution is -2.01. The Kier molecular flexibility index (Phi) is 4.64. The van der Waals surface area contributed by atoms with Crippen molar-refractivity contribution < 1.29 is 9.66 Å². The zero-order valence-corrected chi connectivity index (χ0v) is 13.1. The number of nitro groups is 1. The monoisotopic (exact) mass is 351 g/mol. The molecule has 0 radical (unpaired) electrons. The molecule has 0 saturated heterocycles. The highest BCUT2D eigenvalue weighted by Gasteiger charge is 2.19. The number of anilines is 3. The Bertz CT molecular complexity index is 677. The number of nitro benzene ring substituents is 1. The number of halogens is 1. The zero-order chi connectivity index (χ0) is 15.4. The van der Waals surface area contributed by atoms with Gasteiger partial charge in [-0.2, -0.15) is 0 Å². The molecular formula is C14H14BrN3O3. The average molecular weight is 352 g/mol. The summed E-state index contributed by atoms with van der Waals surface area (Å²) in [4.78, 5) is 10.9. The van der Waals surface area contributed by atoms with E-state index in [1.807, 2.05) is 12.1 Å². The van der Waals surface area contributed by atoms with Gasteiger partial charge < -0.3 is 15.4 Å². The topological polar surface area (TPSA) is 76.4 Å². The van der Waals surface area contributed by atoms with E-state index in [4.69, 9.17) is 4.74 Å². The van der Waals surface area contributed by atoms with Gasteiger partial charge in [-0.05, 0) is 24.3 Å². The number of hydrogen-bond donors (Lipinski definition) is 2. The summed E-state index contributed by atoms with van der Waals surface area (Å²) in [6.07, 6.45) is 0. The molecule has 0 aliphatic carbocycles. The van der Waals surface area contributed by atoms with Gasteiger partial charge in [0.05, 0.1) is 12.0 Å². The summed E-state index contributed by atoms with van der Waals surface area (Å²) in [7, 11) is 3.21. The van der Waals surface area contributed by atoms with E-state index in [9.17, 15) is 10.1 Å². The number of rotatable bonds is 5. The van der Waals surface area contributed by atoms with Crippen LogP contribution in [-0.4, -0.2) is 19.1 Å². The lowest BCUT2D eigenvalue weighted by Gasteiger charge is -2.11. The van der Waals surface area contributed by atoms with Gasteiger partial charge in [-0.1, -0.05) is 22.0 Å². The number of hydrogen-bond acceptors (Lipinski definition) is 5. The summed E-state index contributed by atoms with van der Waals surface area (Å²) >= 11 is 3.38. The molecule has 0 spiro atoms. The quantitative estimate of drug-likeness (QED) is 0.624. The molecule has 0 fully saturated rings. The highest BCUT2D eigenvalue weighted by molar-refractivity contribution is 9.10. The summed E-state index contributed by atoms with van der Waals surface area (Å²) in [5.41, 5.74) is 1.55. The van der Waals surface area contributed by atoms with Crippen LogP contribution in [-0.2, 0) is 0 Å². The Morgan fingerprint density at radius 2 is 1.95 bits per heavy atom. The molecule has 0 atom stereocenters. The fourth-order valence-corrected chi connectivity index (χ4v) is 2.42. The number of benzene rings is 2. The average Bonchev–Trinajstić information content (AvgIpc) is 2.45. The molecule has 2 N–H and O–H groups in total. The predicted octanol–water partition coefficient (Wildman–Crippen LogP) is 4.15. The van der Waals surface area contributed by atoms with Gasteiger partial charge in [-0.25, -0.2) is 0 Å². The maximum absolute atomic E-state index is 11.3. The van der Waals surface area contributed by atoms with Gasteiger partial charge in [0.15, 0.2) is 0 Å². The van der Waals surface area contributed by atoms with Crippen molar-refractivity contribution in [2.75, 3.05) is 24.8 Å². The van der Waals surface area contributed by atoms with Crippen molar-refractivity contribution in [1.82, 2.24) is 0 Å². The Morgan fingerprint density at radius 3 is 2.57 bits per heavy atom. The lowest BCUT2D eigenvalue weighted by atomic mass is 10.2. The van der Waals surface area contributed by atoms with Crippen LogP contribution in [0.1, 0.15) is 0 Å². The summed E-state index contributed by atoms with van der Waals surface area (Å²) in [6.45, 7) is 0. The highest BCUT2D eigenvalue weighted by atomic mass is 79.9. The Hall–Kier alpha value is -2.28. The molecule has 0 saturated carbocycles. The minimum absolute atomic E-state index is 0.000979. The lowest BCUT2D eigenvalue weighted by molar-refractivity contribution is -0.383. The van der Waals surface area contributed by atoms with Gasteiger partial charge in [0.2, 0.25) is 0 Å². The largest absolute Gasteiger partial charge is 0.497 e. The number of ether oxygens (including phenoxy) is 1. The summed E-state index contributed by atoms with van der Waals surface area (Å²) in [6, 6.07) is 10.5. The molecule has 7 heteroatoms. The Morgan fingerprint density at radius 1 is 1.24 bits per heavy atom. The van der Waals surface area contributed by atoms with Crippen LogP contribution in [0.2, 0.25) is 0 Å². The minimum atomic E-state index is -0.413. The summed E-state index contributed by atoms with van der Waals surface area (Å²) in [5, 5.41) is 17.1. The first-order valence-electron chi connectivity index (χ1n) is 6.12. The zero-order valence-electron chi connectivity index (χ0n) is 11.5. The molecule has 110 valence electrons. The molecule has 0 amide bonds. The highest BCUT2D eigenvalue weighted by Crippen LogP contribution is 2.35. The third-order valence-electron chi connectivity index (χ3n) is 2.87. The molecule has 2 aromatic carbocycles. The van der Waals surface area contributed by atoms with E-state index in [0.29, 0.717) is 22.8 Å². The van der Waals surface area contributed by atoms with Crippen LogP contribution in [0, 0.1) is 10.1 Å². The Labute approximate surface area is 130 Å². The van der Waals surface area contributed by atoms with Gasteiger partial charge in [0, 0.05) is 23.3 Å². The van der Waals surface area contributed by atoms with Gasteiger partial charge in [0.25, 0.3) is 0 Å². The van der Waals surface area contributed by atoms with Crippen molar-refractivity contribution >= 4 is 38.7 Å². The second-order valence-electron chi connectivity index (χ2n) is 4.21. The van der Waals surface area contributed by atoms with Crippen molar-refractivity contribution in [3.8, 4) is 5.75 Å². The van der Waals surface area contributed by atoms with Gasteiger partial charge in [0.1, 0.15) is 17.1 Å². The summed E-state index contributed by atoms with van der Waals surface area (Å²) < 4.78 is 6.00. The first-order valence-corrected chi connectivity index (χ1v) is 6.91. The van der Waals surface area contributed by atoms with Crippen molar-refractivity contribution in [3.63, 3.8) is 0 Å². The van der Waals surface area contributed by atoms with Crippen LogP contribution in [0.5, 0.6) is 5.75 Å². The number of nitrogens with one attached hydrogen (secondary N) is 2. The minimum Gasteiger partial charge on any atom is -0.497 e. The van der Waals surface area contributed by atoms with Crippen LogP contribution in [0.15, 0.2) is 40.9 Å². The third kappa shape index (κ3) is 3.43. The first kappa shape index (κ1) is 15.1. The van der Waals surface area contributed by atoms with E-state index in [0.717, 1.165) is 4.47 Å². The number of nitrogens with zero attached hydrogens (tertiary/aromatic N) is 1. The van der Waals surface area contributed by atoms with Crippen LogP contribution in [0.25, 0.3) is 0 Å². The van der Waals surface area contributed by atoms with E-state index in [1.165, 1.54) is 0 Å². The van der Waals surface area contributed by atoms with Crippen LogP contribution in [0.3, 0.4) is 0 Å². The smallest absolute Gasteiger partial charge is 0.315 e. The molecule has 0 bridgehead atoms. The predicted molar refractivity (Wildman–Crippen MR) is 86.6 cm³/mol. The molecule has 0 aromatic heterocycles. The molecule has 0 aliphatic heterocycles. The van der Waals surface area contributed by atoms with Crippen LogP contribution < -0.4 is 15.4 Å². The molecule has 0 unspecified atom stereocenters. The van der Waals surface area contributed by atoms with E-state index >= 15 is 0 Å². The normalized spacial score (nSPS) is 10.0. The molecule has 0 heterocycles. The van der Waals surface area contributed by atoms with Crippen molar-refractivity contribution in [1.29, 1.82) is 0 Å². The van der Waals surface area contributed by atoms with Crippen LogP contribution >= 0.6 is 15.9 Å². The fourth-order valence-electron chi connectivity index (χ4n) is 1.95. The van der Waals surface area contributed by atoms with E-state index < -0.39 is 4.92 Å². The maximum Gasteiger partial charge on any atom is 0.315 e. The summed E-state index contributed by atoms with van der Waals surface area (Å²) in [5.74, 6) is 0.652. The van der Waals surface area contributed by atoms with Gasteiger partial charge in [-0.15, -0.1) is 0 Å². The van der Waals surface area contributed by atoms with Gasteiger partial charge >= 0.3 is 5.69 Å². The van der Waals surface area contributed by atoms with E-state index in [2.05, 4.69) is 26.6 Å². The molecule has 0 aliphatic rings. The molecule has 6 nitrogen and oxygen atoms in total. The standard InChI is InChI=1S/C14H14BrN3O3/c1-16-12-4-3-5-13(14(12)18(19)20)17-10-6-9(15)7-11(8-10)21-2/h3-8,16-17H,1-2H3. The van der Waals surface area contributed by atoms with E-state index in [-0.39, 0.29) is 5.69 Å². The van der Waals surface area contributed by atoms with Crippen LogP contribution in [0.4, 0.5) is 22.7 Å². The van der Waals surface area contributed by atoms with Gasteiger partial charge in [-0.3, -0.25) is 10.1 Å². The maximum atomic E-state index is 11.3. The number of para-hydroxylation sites is 1. The van der Waals surface area contributed by atoms with Crippen molar-refractivity contribution in [2.45, 2.75) is 0 Å². The molecule has 2 aromatic rings.